The smallest absolute Gasteiger partial charge is 0 e. The maximum Gasteiger partial charge on any atom is 0 e. The van der Waals surface area contributed by atoms with Crippen LogP contribution in [-0.4, -0.2) is 13.5 Å². The number of carbonyl (C=O) groups excluding carboxylic acids is 1. The molecule has 0 amide bonds. The maximum atomic E-state index is 11.7. The molecule has 0 aliphatic heterocycles. The van der Waals surface area contributed by atoms with Crippen molar-refractivity contribution in [1.29, 1.82) is 0 Å². The Balaban J connectivity index is -0.0000000823. The van der Waals surface area contributed by atoms with Gasteiger partial charge in [0.05, 0.1) is 13.5 Å². The first-order valence-corrected chi connectivity index (χ1v) is 8.35. The van der Waals surface area contributed by atoms with Crippen LogP contribution < -0.4 is 0 Å². The van der Waals surface area contributed by atoms with E-state index in [-0.39, 0.29) is 22.5 Å². The fourth-order valence-corrected chi connectivity index (χ4v) is 1.90. The van der Waals surface area contributed by atoms with E-state index in [4.69, 9.17) is 18.6 Å². The molecule has 0 saturated heterocycles. The van der Waals surface area contributed by atoms with Gasteiger partial charge in [0.2, 0.25) is 0 Å². The minimum atomic E-state index is -1.67. The Morgan fingerprint density at radius 3 is 1.57 bits per heavy atom. The maximum absolute atomic E-state index is 11.7. The van der Waals surface area contributed by atoms with Crippen LogP contribution in [-0.2, 0) is 35.7 Å². The summed E-state index contributed by atoms with van der Waals surface area (Å²) in [6.07, 6.45) is 0. The fraction of sp³-hybridized carbons (Fsp3) is 0.214. The van der Waals surface area contributed by atoms with E-state index in [2.05, 4.69) is 52.3 Å². The van der Waals surface area contributed by atoms with Gasteiger partial charge in [0, 0.05) is 17.1 Å². The molecule has 1 rings (SSSR count). The topological polar surface area (TPSA) is 96.7 Å². The second-order valence-electron chi connectivity index (χ2n) is 3.86. The summed E-state index contributed by atoms with van der Waals surface area (Å²) in [6, 6.07) is 10.3. The van der Waals surface area contributed by atoms with Crippen molar-refractivity contribution in [2.45, 2.75) is 19.6 Å². The zero-order valence-electron chi connectivity index (χ0n) is 11.7. The Labute approximate surface area is 136 Å². The van der Waals surface area contributed by atoms with Gasteiger partial charge < -0.3 is 4.79 Å². The first-order valence-electron chi connectivity index (χ1n) is 4.85. The van der Waals surface area contributed by atoms with Crippen LogP contribution in [0.4, 0.5) is 0 Å². The molecule has 7 heteroatoms. The van der Waals surface area contributed by atoms with Crippen molar-refractivity contribution in [2.24, 2.45) is 0 Å². The molecule has 0 heterocycles. The predicted octanol–water partition coefficient (Wildman–Crippen LogP) is 2.39. The van der Waals surface area contributed by atoms with E-state index in [9.17, 15) is 4.79 Å². The molecule has 0 aliphatic carbocycles. The van der Waals surface area contributed by atoms with Crippen LogP contribution >= 0.6 is 0 Å². The van der Waals surface area contributed by atoms with E-state index in [0.29, 0.717) is 0 Å². The van der Waals surface area contributed by atoms with Crippen molar-refractivity contribution >= 4 is 13.5 Å². The molecule has 0 aromatic heterocycles. The van der Waals surface area contributed by atoms with E-state index in [0.717, 1.165) is 5.56 Å². The Hall–Kier alpha value is -1.41. The third-order valence-electron chi connectivity index (χ3n) is 1.63. The molecule has 0 N–H and O–H groups in total. The average molecular weight is 344 g/mol. The number of hydrogen-bond donors (Lipinski definition) is 0. The molecular weight excluding hydrogens is 331 g/mol. The zero-order chi connectivity index (χ0) is 17.2. The van der Waals surface area contributed by atoms with Gasteiger partial charge in [-0.1, -0.05) is 19.6 Å². The second kappa shape index (κ2) is 23.7. The van der Waals surface area contributed by atoms with Gasteiger partial charge in [0.1, 0.15) is 0 Å². The summed E-state index contributed by atoms with van der Waals surface area (Å²) < 4.78 is 30.0. The van der Waals surface area contributed by atoms with E-state index in [1.807, 2.05) is 18.2 Å². The third-order valence-corrected chi connectivity index (χ3v) is 3.27. The first kappa shape index (κ1) is 31.8. The van der Waals surface area contributed by atoms with Crippen molar-refractivity contribution in [3.63, 3.8) is 0 Å². The van der Waals surface area contributed by atoms with Gasteiger partial charge in [-0.15, -0.1) is 35.9 Å². The molecule has 1 aromatic carbocycles. The average Bonchev–Trinajstić information content (AvgIpc) is 2.54. The molecule has 0 unspecified atom stereocenters. The van der Waals surface area contributed by atoms with Gasteiger partial charge in [0.15, 0.2) is 0 Å². The van der Waals surface area contributed by atoms with Gasteiger partial charge in [-0.3, -0.25) is 0 Å². The SMILES string of the molecule is C[Si](C)(C)C(=O)c1[c-]cccc1.[C-]#[O+].[C-]#[O+].[C-]#[O+].[C-]#[O+].[Mn]. The molecule has 0 fully saturated rings. The zero-order valence-corrected chi connectivity index (χ0v) is 13.9. The van der Waals surface area contributed by atoms with Crippen molar-refractivity contribution in [3.8, 4) is 0 Å². The predicted molar refractivity (Wildman–Crippen MR) is 68.7 cm³/mol. The monoisotopic (exact) mass is 344 g/mol. The number of rotatable bonds is 2. The molecule has 0 spiro atoms. The van der Waals surface area contributed by atoms with Gasteiger partial charge in [-0.25, -0.2) is 0 Å². The summed E-state index contributed by atoms with van der Waals surface area (Å²) in [5.41, 5.74) is 0.733. The molecule has 111 valence electrons. The fourth-order valence-electron chi connectivity index (χ4n) is 0.939. The van der Waals surface area contributed by atoms with Gasteiger partial charge in [-0.05, 0) is 0 Å². The normalized spacial score (nSPS) is 6.81. The largest absolute Gasteiger partial charge is 0 e. The molecule has 5 nitrogen and oxygen atoms in total. The molecular formula is C14H13MnO5Si-. The number of hydrogen-bond acceptors (Lipinski definition) is 1. The minimum Gasteiger partial charge on any atom is 0 e. The summed E-state index contributed by atoms with van der Waals surface area (Å²) in [5.74, 6) is 0. The van der Waals surface area contributed by atoms with Crippen molar-refractivity contribution < 1.29 is 40.5 Å². The molecule has 1 radical (unpaired) electrons. The summed E-state index contributed by atoms with van der Waals surface area (Å²) in [4.78, 5) is 11.7. The van der Waals surface area contributed by atoms with Crippen LogP contribution in [0.5, 0.6) is 0 Å². The molecule has 21 heavy (non-hydrogen) atoms. The van der Waals surface area contributed by atoms with E-state index in [1.54, 1.807) is 6.07 Å². The Kier molecular flexibility index (Phi) is 35.8. The third kappa shape index (κ3) is 18.6. The van der Waals surface area contributed by atoms with E-state index in [1.165, 1.54) is 0 Å². The number of carbonyl (C=O) groups is 1. The van der Waals surface area contributed by atoms with Crippen LogP contribution in [0.2, 0.25) is 19.6 Å². The van der Waals surface area contributed by atoms with Crippen LogP contribution in [0.1, 0.15) is 10.4 Å². The molecule has 0 aliphatic rings. The Bertz CT molecular complexity index is 405. The van der Waals surface area contributed by atoms with Gasteiger partial charge in [0.25, 0.3) is 0 Å². The second-order valence-corrected chi connectivity index (χ2v) is 8.81. The molecule has 0 bridgehead atoms. The first-order chi connectivity index (χ1) is 9.52. The van der Waals surface area contributed by atoms with Crippen molar-refractivity contribution in [3.05, 3.63) is 62.5 Å². The molecule has 1 aromatic rings. The summed E-state index contributed by atoms with van der Waals surface area (Å²) in [5, 5.41) is 0.281. The molecule has 0 saturated carbocycles. The van der Waals surface area contributed by atoms with Gasteiger partial charge in [-0.2, -0.15) is 0 Å². The number of benzene rings is 1. The van der Waals surface area contributed by atoms with Crippen LogP contribution in [0.3, 0.4) is 0 Å². The van der Waals surface area contributed by atoms with E-state index >= 15 is 0 Å². The molecule has 0 atom stereocenters. The van der Waals surface area contributed by atoms with Crippen molar-refractivity contribution in [1.82, 2.24) is 0 Å². The minimum absolute atomic E-state index is 0. The summed E-state index contributed by atoms with van der Waals surface area (Å²) in [6.45, 7) is 24.2. The van der Waals surface area contributed by atoms with E-state index < -0.39 is 8.07 Å². The quantitative estimate of drug-likeness (QED) is 0.459. The Morgan fingerprint density at radius 2 is 1.33 bits per heavy atom. The standard InChI is InChI=1S/C10H13OSi.4CO.Mn/c1-12(2,3)10(11)9-7-5-4-6-8-9;4*1-2;/h4-7H,1-3H3;;;;;/q-1;;;;;. The Morgan fingerprint density at radius 1 is 0.952 bits per heavy atom. The van der Waals surface area contributed by atoms with Crippen molar-refractivity contribution in [2.75, 3.05) is 0 Å². The van der Waals surface area contributed by atoms with Crippen LogP contribution in [0.15, 0.2) is 24.3 Å². The summed E-state index contributed by atoms with van der Waals surface area (Å²) >= 11 is 0. The van der Waals surface area contributed by atoms with Gasteiger partial charge >= 0.3 is 45.2 Å². The summed E-state index contributed by atoms with van der Waals surface area (Å²) in [7, 11) is -1.67. The van der Waals surface area contributed by atoms with Crippen LogP contribution in [0.25, 0.3) is 0 Å². The van der Waals surface area contributed by atoms with Crippen LogP contribution in [0, 0.1) is 32.7 Å².